The van der Waals surface area contributed by atoms with E-state index in [0.717, 1.165) is 29.0 Å². The van der Waals surface area contributed by atoms with Crippen LogP contribution in [0, 0.1) is 0 Å². The van der Waals surface area contributed by atoms with Crippen molar-refractivity contribution in [3.05, 3.63) is 67.0 Å². The molecule has 1 aliphatic rings. The maximum absolute atomic E-state index is 12.7. The normalized spacial score (nSPS) is 16.9. The predicted octanol–water partition coefficient (Wildman–Crippen LogP) is 3.17. The molecule has 0 aliphatic carbocycles. The number of hydrogen-bond acceptors (Lipinski definition) is 5. The van der Waals surface area contributed by atoms with Crippen LogP contribution in [0.1, 0.15) is 23.0 Å². The topological polar surface area (TPSA) is 77.0 Å². The summed E-state index contributed by atoms with van der Waals surface area (Å²) >= 11 is 0. The Morgan fingerprint density at radius 1 is 1.11 bits per heavy atom. The maximum Gasteiger partial charge on any atom is 0.272 e. The smallest absolute Gasteiger partial charge is 0.272 e. The first-order valence-corrected chi connectivity index (χ1v) is 8.87. The number of rotatable bonds is 3. The molecule has 7 heteroatoms. The Morgan fingerprint density at radius 2 is 2.04 bits per heavy atom. The molecule has 1 fully saturated rings. The number of carbonyl (C=O) groups excluding carboxylic acids is 1. The lowest BCUT2D eigenvalue weighted by Crippen LogP contribution is -2.29. The summed E-state index contributed by atoms with van der Waals surface area (Å²) in [4.78, 5) is 28.1. The molecule has 7 nitrogen and oxygen atoms in total. The molecule has 4 aromatic rings. The fourth-order valence-corrected chi connectivity index (χ4v) is 3.66. The Bertz CT molecular complexity index is 1090. The second-order valence-corrected chi connectivity index (χ2v) is 6.57. The van der Waals surface area contributed by atoms with Gasteiger partial charge >= 0.3 is 0 Å². The molecule has 0 aromatic carbocycles. The number of fused-ring (bicyclic) bond motifs is 1. The largest absolute Gasteiger partial charge is 0.472 e. The summed E-state index contributed by atoms with van der Waals surface area (Å²) in [6, 6.07) is 11.2. The molecule has 0 saturated carbocycles. The van der Waals surface area contributed by atoms with Crippen LogP contribution in [0.25, 0.3) is 22.6 Å². The molecule has 0 bridgehead atoms. The third-order valence-corrected chi connectivity index (χ3v) is 4.93. The molecule has 27 heavy (non-hydrogen) atoms. The van der Waals surface area contributed by atoms with Crippen LogP contribution in [-0.2, 0) is 0 Å². The first kappa shape index (κ1) is 15.7. The van der Waals surface area contributed by atoms with Crippen molar-refractivity contribution in [2.45, 2.75) is 12.5 Å². The van der Waals surface area contributed by atoms with E-state index in [2.05, 4.69) is 14.5 Å². The minimum absolute atomic E-state index is 0.0414. The summed E-state index contributed by atoms with van der Waals surface area (Å²) in [5, 5.41) is 0. The highest BCUT2D eigenvalue weighted by Crippen LogP contribution is 2.32. The van der Waals surface area contributed by atoms with Crippen molar-refractivity contribution in [1.29, 1.82) is 0 Å². The highest BCUT2D eigenvalue weighted by atomic mass is 16.3. The van der Waals surface area contributed by atoms with Crippen LogP contribution in [0.2, 0.25) is 0 Å². The van der Waals surface area contributed by atoms with Gasteiger partial charge in [-0.3, -0.25) is 9.78 Å². The van der Waals surface area contributed by atoms with Gasteiger partial charge in [0.05, 0.1) is 17.9 Å². The van der Waals surface area contributed by atoms with Crippen LogP contribution < -0.4 is 0 Å². The second-order valence-electron chi connectivity index (χ2n) is 6.57. The van der Waals surface area contributed by atoms with Gasteiger partial charge in [-0.2, -0.15) is 0 Å². The summed E-state index contributed by atoms with van der Waals surface area (Å²) in [6.45, 7) is 1.28. The number of likely N-dealkylation sites (tertiary alicyclic amines) is 1. The zero-order valence-electron chi connectivity index (χ0n) is 14.5. The molecular weight excluding hydrogens is 342 g/mol. The van der Waals surface area contributed by atoms with Crippen LogP contribution >= 0.6 is 0 Å². The summed E-state index contributed by atoms with van der Waals surface area (Å²) in [5.41, 5.74) is 3.04. The van der Waals surface area contributed by atoms with Gasteiger partial charge in [-0.1, -0.05) is 6.07 Å². The Morgan fingerprint density at radius 3 is 2.85 bits per heavy atom. The van der Waals surface area contributed by atoms with E-state index in [1.54, 1.807) is 31.0 Å². The number of imidazole rings is 1. The van der Waals surface area contributed by atoms with Gasteiger partial charge < -0.3 is 13.9 Å². The molecule has 1 aliphatic heterocycles. The van der Waals surface area contributed by atoms with Crippen molar-refractivity contribution in [2.75, 3.05) is 13.1 Å². The van der Waals surface area contributed by atoms with Crippen molar-refractivity contribution in [3.8, 4) is 11.4 Å². The van der Waals surface area contributed by atoms with Gasteiger partial charge in [0.25, 0.3) is 5.91 Å². The average Bonchev–Trinajstić information content (AvgIpc) is 3.46. The maximum atomic E-state index is 12.7. The van der Waals surface area contributed by atoms with Crippen LogP contribution in [0.15, 0.2) is 65.7 Å². The quantitative estimate of drug-likeness (QED) is 0.561. The van der Waals surface area contributed by atoms with Crippen LogP contribution in [0.4, 0.5) is 0 Å². The van der Waals surface area contributed by atoms with Crippen molar-refractivity contribution in [1.82, 2.24) is 24.4 Å². The second kappa shape index (κ2) is 6.35. The molecule has 0 N–H and O–H groups in total. The van der Waals surface area contributed by atoms with E-state index in [0.29, 0.717) is 18.8 Å². The van der Waals surface area contributed by atoms with Crippen LogP contribution in [0.5, 0.6) is 0 Å². The molecule has 0 unspecified atom stereocenters. The molecular formula is C20H17N5O2. The minimum Gasteiger partial charge on any atom is -0.472 e. The lowest BCUT2D eigenvalue weighted by atomic mass is 10.2. The first-order chi connectivity index (χ1) is 13.3. The fourth-order valence-electron chi connectivity index (χ4n) is 3.66. The molecule has 134 valence electrons. The van der Waals surface area contributed by atoms with E-state index in [-0.39, 0.29) is 11.9 Å². The lowest BCUT2D eigenvalue weighted by molar-refractivity contribution is 0.0782. The van der Waals surface area contributed by atoms with Gasteiger partial charge in [-0.25, -0.2) is 9.97 Å². The van der Waals surface area contributed by atoms with Crippen molar-refractivity contribution >= 4 is 17.1 Å². The van der Waals surface area contributed by atoms with E-state index in [4.69, 9.17) is 9.40 Å². The zero-order chi connectivity index (χ0) is 18.2. The highest BCUT2D eigenvalue weighted by molar-refractivity contribution is 5.92. The fraction of sp³-hybridized carbons (Fsp3) is 0.200. The predicted molar refractivity (Wildman–Crippen MR) is 99.0 cm³/mol. The van der Waals surface area contributed by atoms with E-state index in [9.17, 15) is 4.79 Å². The van der Waals surface area contributed by atoms with Crippen molar-refractivity contribution in [3.63, 3.8) is 0 Å². The first-order valence-electron chi connectivity index (χ1n) is 8.87. The van der Waals surface area contributed by atoms with Gasteiger partial charge in [0.15, 0.2) is 5.65 Å². The number of carbonyl (C=O) groups is 1. The number of furan rings is 1. The van der Waals surface area contributed by atoms with E-state index in [1.807, 2.05) is 35.2 Å². The highest BCUT2D eigenvalue weighted by Gasteiger charge is 2.31. The van der Waals surface area contributed by atoms with Gasteiger partial charge in [0.1, 0.15) is 23.3 Å². The van der Waals surface area contributed by atoms with Gasteiger partial charge in [0, 0.05) is 25.5 Å². The molecule has 0 radical (unpaired) electrons. The van der Waals surface area contributed by atoms with Gasteiger partial charge in [-0.15, -0.1) is 0 Å². The molecule has 5 rings (SSSR count). The molecule has 1 saturated heterocycles. The number of aromatic nitrogens is 4. The third kappa shape index (κ3) is 2.68. The Balaban J connectivity index is 1.51. The summed E-state index contributed by atoms with van der Waals surface area (Å²) < 4.78 is 7.38. The Hall–Kier alpha value is -3.48. The molecule has 1 atom stereocenters. The van der Waals surface area contributed by atoms with E-state index < -0.39 is 0 Å². The summed E-state index contributed by atoms with van der Waals surface area (Å²) in [5.74, 6) is 0.773. The molecule has 1 amide bonds. The summed E-state index contributed by atoms with van der Waals surface area (Å²) in [6.07, 6.45) is 7.57. The van der Waals surface area contributed by atoms with Crippen molar-refractivity contribution < 1.29 is 9.21 Å². The zero-order valence-corrected chi connectivity index (χ0v) is 14.5. The lowest BCUT2D eigenvalue weighted by Gasteiger charge is -2.18. The van der Waals surface area contributed by atoms with Crippen molar-refractivity contribution in [2.24, 2.45) is 0 Å². The summed E-state index contributed by atoms with van der Waals surface area (Å²) in [7, 11) is 0. The van der Waals surface area contributed by atoms with Crippen LogP contribution in [0.3, 0.4) is 0 Å². The molecule has 5 heterocycles. The monoisotopic (exact) mass is 359 g/mol. The SMILES string of the molecule is O=C(c1ccccn1)N1CC[C@H](n2c(-c3ccoc3)nc3cccnc32)C1. The van der Waals surface area contributed by atoms with E-state index in [1.165, 1.54) is 0 Å². The molecule has 4 aromatic heterocycles. The molecule has 0 spiro atoms. The van der Waals surface area contributed by atoms with Gasteiger partial charge in [0.2, 0.25) is 0 Å². The average molecular weight is 359 g/mol. The number of pyridine rings is 2. The number of amides is 1. The third-order valence-electron chi connectivity index (χ3n) is 4.93. The van der Waals surface area contributed by atoms with E-state index >= 15 is 0 Å². The standard InChI is InChI=1S/C20H17N5O2/c26-20(17-4-1-2-8-21-17)24-10-6-15(12-24)25-18(14-7-11-27-13-14)23-16-5-3-9-22-19(16)25/h1-5,7-9,11,13,15H,6,10,12H2/t15-/m0/s1. The number of nitrogens with zero attached hydrogens (tertiary/aromatic N) is 5. The Labute approximate surface area is 155 Å². The minimum atomic E-state index is -0.0414. The van der Waals surface area contributed by atoms with Gasteiger partial charge in [-0.05, 0) is 36.8 Å². The number of hydrogen-bond donors (Lipinski definition) is 0. The van der Waals surface area contributed by atoms with Crippen LogP contribution in [-0.4, -0.2) is 43.4 Å². The Kier molecular flexibility index (Phi) is 3.71.